The number of carbonyl (C=O) groups is 2. The molecular formula is C19H24N4O6. The van der Waals surface area contributed by atoms with Crippen LogP contribution in [0.4, 0.5) is 0 Å². The second kappa shape index (κ2) is 7.82. The van der Waals surface area contributed by atoms with Gasteiger partial charge in [0, 0.05) is 23.2 Å². The molecule has 156 valence electrons. The molecule has 4 N–H and O–H groups in total. The number of amides is 2. The second-order valence-corrected chi connectivity index (χ2v) is 7.97. The van der Waals surface area contributed by atoms with Crippen LogP contribution in [0.3, 0.4) is 0 Å². The van der Waals surface area contributed by atoms with Crippen LogP contribution >= 0.6 is 0 Å². The van der Waals surface area contributed by atoms with Gasteiger partial charge in [0.2, 0.25) is 0 Å². The van der Waals surface area contributed by atoms with Crippen LogP contribution in [-0.2, 0) is 0 Å². The van der Waals surface area contributed by atoms with Crippen molar-refractivity contribution < 1.29 is 20.0 Å². The summed E-state index contributed by atoms with van der Waals surface area (Å²) in [6.07, 6.45) is 0.252. The maximum Gasteiger partial charge on any atom is 0.283 e. The number of hydrogen-bond donors (Lipinski definition) is 4. The average Bonchev–Trinajstić information content (AvgIpc) is 2.57. The van der Waals surface area contributed by atoms with Crippen LogP contribution in [0.25, 0.3) is 0 Å². The fraction of sp³-hybridized carbons (Fsp3) is 0.368. The summed E-state index contributed by atoms with van der Waals surface area (Å²) in [6, 6.07) is 7.55. The molecule has 2 amide bonds. The van der Waals surface area contributed by atoms with Crippen LogP contribution in [-0.4, -0.2) is 42.8 Å². The molecule has 0 bridgehead atoms. The van der Waals surface area contributed by atoms with Crippen molar-refractivity contribution in [1.82, 2.24) is 20.1 Å². The van der Waals surface area contributed by atoms with Gasteiger partial charge in [-0.15, -0.1) is 9.46 Å². The summed E-state index contributed by atoms with van der Waals surface area (Å²) < 4.78 is 0.516. The van der Waals surface area contributed by atoms with Crippen molar-refractivity contribution >= 4 is 11.8 Å². The van der Waals surface area contributed by atoms with Crippen LogP contribution in [0.15, 0.2) is 46.0 Å². The molecule has 10 nitrogen and oxygen atoms in total. The summed E-state index contributed by atoms with van der Waals surface area (Å²) in [7, 11) is 0. The Morgan fingerprint density at radius 3 is 1.48 bits per heavy atom. The molecule has 0 aliphatic carbocycles. The monoisotopic (exact) mass is 404 g/mol. The van der Waals surface area contributed by atoms with Gasteiger partial charge in [0.25, 0.3) is 22.9 Å². The Kier molecular flexibility index (Phi) is 5.86. The highest BCUT2D eigenvalue weighted by Gasteiger charge is 2.33. The molecular weight excluding hydrogens is 380 g/mol. The number of pyridine rings is 2. The van der Waals surface area contributed by atoms with Crippen molar-refractivity contribution in [2.24, 2.45) is 0 Å². The predicted octanol–water partition coefficient (Wildman–Crippen LogP) is 0.592. The Balaban J connectivity index is 2.13. The number of aromatic nitrogens is 2. The molecule has 0 saturated heterocycles. The number of hydrogen-bond acceptors (Lipinski definition) is 6. The first kappa shape index (κ1) is 21.7. The van der Waals surface area contributed by atoms with Crippen molar-refractivity contribution in [2.45, 2.75) is 45.2 Å². The highest BCUT2D eigenvalue weighted by atomic mass is 16.5. The fourth-order valence-corrected chi connectivity index (χ4v) is 3.24. The van der Waals surface area contributed by atoms with E-state index in [9.17, 15) is 29.6 Å². The number of rotatable bonds is 6. The Morgan fingerprint density at radius 2 is 1.14 bits per heavy atom. The summed E-state index contributed by atoms with van der Waals surface area (Å²) >= 11 is 0. The Bertz CT molecular complexity index is 968. The summed E-state index contributed by atoms with van der Waals surface area (Å²) in [6.45, 7) is 6.86. The van der Waals surface area contributed by atoms with Gasteiger partial charge in [-0.3, -0.25) is 19.2 Å². The molecule has 0 aliphatic heterocycles. The van der Waals surface area contributed by atoms with Gasteiger partial charge in [-0.05, 0) is 46.2 Å². The average molecular weight is 404 g/mol. The van der Waals surface area contributed by atoms with E-state index in [0.29, 0.717) is 0 Å². The van der Waals surface area contributed by atoms with E-state index in [1.54, 1.807) is 27.7 Å². The molecule has 10 heteroatoms. The van der Waals surface area contributed by atoms with Crippen molar-refractivity contribution in [1.29, 1.82) is 0 Å². The highest BCUT2D eigenvalue weighted by Crippen LogP contribution is 2.21. The molecule has 0 saturated carbocycles. The molecule has 0 radical (unpaired) electrons. The van der Waals surface area contributed by atoms with E-state index in [0.717, 1.165) is 12.1 Å². The van der Waals surface area contributed by atoms with Crippen LogP contribution in [0, 0.1) is 0 Å². The standard InChI is InChI=1S/C19H24N4O6/c1-18(2,20-16(26)12-7-5-9-14(24)22(12)28)11-19(3,4)21-17(27)13-8-6-10-15(25)23(13)29/h5-10,28-29H,11H2,1-4H3,(H,20,26)(H,21,27). The predicted molar refractivity (Wildman–Crippen MR) is 103 cm³/mol. The number of nitrogens with one attached hydrogen (secondary N) is 2. The first-order valence-electron chi connectivity index (χ1n) is 8.81. The van der Waals surface area contributed by atoms with Crippen molar-refractivity contribution in [3.63, 3.8) is 0 Å². The summed E-state index contributed by atoms with van der Waals surface area (Å²) in [5.41, 5.74) is -3.62. The number of carbonyl (C=O) groups excluding carboxylic acids is 2. The first-order chi connectivity index (χ1) is 13.3. The minimum Gasteiger partial charge on any atom is -0.425 e. The molecule has 2 rings (SSSR count). The normalized spacial score (nSPS) is 11.7. The minimum atomic E-state index is -0.852. The number of nitrogens with zero attached hydrogens (tertiary/aromatic N) is 2. The lowest BCUT2D eigenvalue weighted by molar-refractivity contribution is 0.0807. The van der Waals surface area contributed by atoms with Crippen molar-refractivity contribution in [3.05, 3.63) is 68.5 Å². The molecule has 0 aromatic carbocycles. The Morgan fingerprint density at radius 1 is 0.793 bits per heavy atom. The SMILES string of the molecule is CC(C)(CC(C)(C)NC(=O)c1cccc(=O)n1O)NC(=O)c1cccc(=O)n1O. The molecule has 0 atom stereocenters. The van der Waals surface area contributed by atoms with Crippen LogP contribution in [0.1, 0.15) is 55.1 Å². The molecule has 2 aromatic heterocycles. The zero-order valence-corrected chi connectivity index (χ0v) is 16.6. The van der Waals surface area contributed by atoms with Gasteiger partial charge in [-0.2, -0.15) is 0 Å². The molecule has 0 spiro atoms. The fourth-order valence-electron chi connectivity index (χ4n) is 3.24. The van der Waals surface area contributed by atoms with E-state index in [4.69, 9.17) is 0 Å². The zero-order valence-electron chi connectivity index (χ0n) is 16.6. The maximum atomic E-state index is 12.5. The van der Waals surface area contributed by atoms with Gasteiger partial charge in [0.1, 0.15) is 11.4 Å². The lowest BCUT2D eigenvalue weighted by Gasteiger charge is -2.36. The van der Waals surface area contributed by atoms with Gasteiger partial charge in [-0.25, -0.2) is 0 Å². The summed E-state index contributed by atoms with van der Waals surface area (Å²) in [4.78, 5) is 47.9. The third-order valence-corrected chi connectivity index (χ3v) is 4.11. The smallest absolute Gasteiger partial charge is 0.283 e. The van der Waals surface area contributed by atoms with Crippen molar-refractivity contribution in [2.75, 3.05) is 0 Å². The zero-order chi connectivity index (χ0) is 22.0. The van der Waals surface area contributed by atoms with Gasteiger partial charge < -0.3 is 21.0 Å². The minimum absolute atomic E-state index is 0.221. The van der Waals surface area contributed by atoms with E-state index in [1.165, 1.54) is 24.3 Å². The quantitative estimate of drug-likeness (QED) is 0.519. The third-order valence-electron chi connectivity index (χ3n) is 4.11. The summed E-state index contributed by atoms with van der Waals surface area (Å²) in [5, 5.41) is 24.9. The largest absolute Gasteiger partial charge is 0.425 e. The van der Waals surface area contributed by atoms with Crippen LogP contribution < -0.4 is 21.8 Å². The summed E-state index contributed by atoms with van der Waals surface area (Å²) in [5.74, 6) is -1.32. The lowest BCUT2D eigenvalue weighted by Crippen LogP contribution is -2.54. The van der Waals surface area contributed by atoms with Crippen molar-refractivity contribution in [3.8, 4) is 0 Å². The third kappa shape index (κ3) is 5.24. The van der Waals surface area contributed by atoms with E-state index in [-0.39, 0.29) is 27.3 Å². The van der Waals surface area contributed by atoms with E-state index in [1.807, 2.05) is 0 Å². The maximum absolute atomic E-state index is 12.5. The van der Waals surface area contributed by atoms with E-state index in [2.05, 4.69) is 10.6 Å². The molecule has 0 unspecified atom stereocenters. The van der Waals surface area contributed by atoms with E-state index < -0.39 is 34.0 Å². The Labute approximate surface area is 166 Å². The first-order valence-corrected chi connectivity index (χ1v) is 8.81. The Hall–Kier alpha value is -3.56. The van der Waals surface area contributed by atoms with Gasteiger partial charge in [-0.1, -0.05) is 12.1 Å². The van der Waals surface area contributed by atoms with Gasteiger partial charge >= 0.3 is 0 Å². The molecule has 2 heterocycles. The van der Waals surface area contributed by atoms with Crippen LogP contribution in [0.2, 0.25) is 0 Å². The van der Waals surface area contributed by atoms with E-state index >= 15 is 0 Å². The van der Waals surface area contributed by atoms with Crippen LogP contribution in [0.5, 0.6) is 0 Å². The lowest BCUT2D eigenvalue weighted by atomic mass is 9.86. The molecule has 0 fully saturated rings. The molecule has 0 aliphatic rings. The second-order valence-electron chi connectivity index (χ2n) is 7.97. The van der Waals surface area contributed by atoms with Gasteiger partial charge in [0.05, 0.1) is 0 Å². The highest BCUT2D eigenvalue weighted by molar-refractivity contribution is 5.93. The molecule has 29 heavy (non-hydrogen) atoms. The van der Waals surface area contributed by atoms with Gasteiger partial charge in [0.15, 0.2) is 0 Å². The topological polar surface area (TPSA) is 143 Å². The molecule has 2 aromatic rings.